The van der Waals surface area contributed by atoms with E-state index in [2.05, 4.69) is 32.6 Å². The molecule has 19 heavy (non-hydrogen) atoms. The van der Waals surface area contributed by atoms with Crippen LogP contribution in [0.15, 0.2) is 30.3 Å². The molecule has 1 aromatic rings. The van der Waals surface area contributed by atoms with Gasteiger partial charge in [-0.1, -0.05) is 51.1 Å². The summed E-state index contributed by atoms with van der Waals surface area (Å²) in [5.74, 6) is -1.24. The van der Waals surface area contributed by atoms with Crippen molar-refractivity contribution < 1.29 is 9.90 Å². The molecular weight excluding hydrogens is 238 g/mol. The highest BCUT2D eigenvalue weighted by molar-refractivity contribution is 5.76. The van der Waals surface area contributed by atoms with Gasteiger partial charge in [0.05, 0.1) is 5.92 Å². The molecular formula is C16H25NO2. The number of carboxylic acids is 1. The standard InChI is InChI=1S/C16H25NO2/c1-12(16(2,3)4)17(5)11-14(15(18)19)13-9-7-6-8-10-13/h6-10,12,14H,11H2,1-5H3,(H,18,19). The lowest BCUT2D eigenvalue weighted by molar-refractivity contribution is -0.139. The van der Waals surface area contributed by atoms with Gasteiger partial charge in [0.15, 0.2) is 0 Å². The SMILES string of the molecule is CC(N(C)CC(C(=O)O)c1ccccc1)C(C)(C)C. The van der Waals surface area contributed by atoms with Crippen LogP contribution in [0.1, 0.15) is 39.2 Å². The first-order valence-corrected chi connectivity index (χ1v) is 6.71. The van der Waals surface area contributed by atoms with Gasteiger partial charge in [-0.3, -0.25) is 4.79 Å². The van der Waals surface area contributed by atoms with Gasteiger partial charge >= 0.3 is 5.97 Å². The number of carbonyl (C=O) groups is 1. The molecule has 0 saturated carbocycles. The Morgan fingerprint density at radius 3 is 2.21 bits per heavy atom. The van der Waals surface area contributed by atoms with Gasteiger partial charge in [0.2, 0.25) is 0 Å². The molecule has 2 unspecified atom stereocenters. The molecule has 0 aliphatic rings. The maximum absolute atomic E-state index is 11.5. The summed E-state index contributed by atoms with van der Waals surface area (Å²) in [7, 11) is 1.99. The summed E-state index contributed by atoms with van der Waals surface area (Å²) in [6.45, 7) is 9.19. The van der Waals surface area contributed by atoms with E-state index in [1.165, 1.54) is 0 Å². The van der Waals surface area contributed by atoms with Gasteiger partial charge in [0.25, 0.3) is 0 Å². The Hall–Kier alpha value is -1.35. The molecule has 0 bridgehead atoms. The quantitative estimate of drug-likeness (QED) is 0.886. The number of aliphatic carboxylic acids is 1. The van der Waals surface area contributed by atoms with Crippen molar-refractivity contribution in [1.82, 2.24) is 4.90 Å². The average molecular weight is 263 g/mol. The van der Waals surface area contributed by atoms with Crippen LogP contribution < -0.4 is 0 Å². The first-order chi connectivity index (χ1) is 8.73. The molecule has 0 spiro atoms. The molecule has 1 aromatic carbocycles. The largest absolute Gasteiger partial charge is 0.481 e. The summed E-state index contributed by atoms with van der Waals surface area (Å²) >= 11 is 0. The molecule has 1 N–H and O–H groups in total. The molecule has 3 heteroatoms. The molecule has 0 aliphatic heterocycles. The normalized spacial score (nSPS) is 15.3. The second kappa shape index (κ2) is 6.20. The van der Waals surface area contributed by atoms with Crippen LogP contribution in [0.2, 0.25) is 0 Å². The zero-order chi connectivity index (χ0) is 14.6. The summed E-state index contributed by atoms with van der Waals surface area (Å²) in [4.78, 5) is 13.6. The van der Waals surface area contributed by atoms with Gasteiger partial charge in [-0.2, -0.15) is 0 Å². The summed E-state index contributed by atoms with van der Waals surface area (Å²) < 4.78 is 0. The van der Waals surface area contributed by atoms with E-state index < -0.39 is 11.9 Å². The van der Waals surface area contributed by atoms with Gasteiger partial charge in [0, 0.05) is 12.6 Å². The maximum Gasteiger partial charge on any atom is 0.312 e. The monoisotopic (exact) mass is 263 g/mol. The number of likely N-dealkylation sites (N-methyl/N-ethyl adjacent to an activating group) is 1. The Labute approximate surface area is 116 Å². The fourth-order valence-corrected chi connectivity index (χ4v) is 2.12. The van der Waals surface area contributed by atoms with Crippen LogP contribution in [0.5, 0.6) is 0 Å². The first kappa shape index (κ1) is 15.7. The molecule has 0 amide bonds. The van der Waals surface area contributed by atoms with Crippen molar-refractivity contribution in [3.05, 3.63) is 35.9 Å². The van der Waals surface area contributed by atoms with Crippen molar-refractivity contribution in [2.75, 3.05) is 13.6 Å². The summed E-state index contributed by atoms with van der Waals surface area (Å²) in [6.07, 6.45) is 0. The second-order valence-electron chi connectivity index (χ2n) is 6.28. The van der Waals surface area contributed by atoms with Crippen molar-refractivity contribution >= 4 is 5.97 Å². The zero-order valence-corrected chi connectivity index (χ0v) is 12.6. The van der Waals surface area contributed by atoms with Crippen LogP contribution in [0.25, 0.3) is 0 Å². The van der Waals surface area contributed by atoms with Crippen LogP contribution in [-0.2, 0) is 4.79 Å². The Bertz CT molecular complexity index is 409. The maximum atomic E-state index is 11.5. The van der Waals surface area contributed by atoms with E-state index in [0.29, 0.717) is 12.6 Å². The smallest absolute Gasteiger partial charge is 0.312 e. The van der Waals surface area contributed by atoms with Crippen molar-refractivity contribution in [2.24, 2.45) is 5.41 Å². The molecule has 2 atom stereocenters. The van der Waals surface area contributed by atoms with E-state index >= 15 is 0 Å². The van der Waals surface area contributed by atoms with Gasteiger partial charge in [-0.15, -0.1) is 0 Å². The minimum Gasteiger partial charge on any atom is -0.481 e. The Morgan fingerprint density at radius 1 is 1.26 bits per heavy atom. The van der Waals surface area contributed by atoms with Crippen molar-refractivity contribution in [3.8, 4) is 0 Å². The zero-order valence-electron chi connectivity index (χ0n) is 12.6. The van der Waals surface area contributed by atoms with Gasteiger partial charge in [-0.05, 0) is 24.9 Å². The van der Waals surface area contributed by atoms with Gasteiger partial charge in [-0.25, -0.2) is 0 Å². The van der Waals surface area contributed by atoms with E-state index in [9.17, 15) is 9.90 Å². The lowest BCUT2D eigenvalue weighted by atomic mass is 9.86. The fourth-order valence-electron chi connectivity index (χ4n) is 2.12. The van der Waals surface area contributed by atoms with Crippen molar-refractivity contribution in [1.29, 1.82) is 0 Å². The lowest BCUT2D eigenvalue weighted by Crippen LogP contribution is -2.42. The summed E-state index contributed by atoms with van der Waals surface area (Å²) in [6, 6.07) is 9.77. The molecule has 0 heterocycles. The molecule has 0 aromatic heterocycles. The van der Waals surface area contributed by atoms with Gasteiger partial charge in [0.1, 0.15) is 0 Å². The number of benzene rings is 1. The molecule has 0 radical (unpaired) electrons. The third kappa shape index (κ3) is 4.35. The van der Waals surface area contributed by atoms with Crippen LogP contribution in [0.3, 0.4) is 0 Å². The summed E-state index contributed by atoms with van der Waals surface area (Å²) in [5.41, 5.74) is 0.997. The number of hydrogen-bond acceptors (Lipinski definition) is 2. The Kier molecular flexibility index (Phi) is 5.12. The molecule has 3 nitrogen and oxygen atoms in total. The fraction of sp³-hybridized carbons (Fsp3) is 0.562. The molecule has 0 aliphatic carbocycles. The molecule has 1 rings (SSSR count). The number of nitrogens with zero attached hydrogens (tertiary/aromatic N) is 1. The second-order valence-corrected chi connectivity index (χ2v) is 6.28. The first-order valence-electron chi connectivity index (χ1n) is 6.71. The van der Waals surface area contributed by atoms with E-state index in [4.69, 9.17) is 0 Å². The number of hydrogen-bond donors (Lipinski definition) is 1. The topological polar surface area (TPSA) is 40.5 Å². The van der Waals surface area contributed by atoms with Crippen LogP contribution in [0.4, 0.5) is 0 Å². The van der Waals surface area contributed by atoms with E-state index in [1.54, 1.807) is 0 Å². The number of carboxylic acid groups (broad SMARTS) is 1. The highest BCUT2D eigenvalue weighted by Crippen LogP contribution is 2.25. The molecule has 106 valence electrons. The van der Waals surface area contributed by atoms with Crippen LogP contribution >= 0.6 is 0 Å². The Balaban J connectivity index is 2.84. The molecule has 0 saturated heterocycles. The van der Waals surface area contributed by atoms with E-state index in [1.807, 2.05) is 37.4 Å². The average Bonchev–Trinajstić information content (AvgIpc) is 2.34. The molecule has 0 fully saturated rings. The van der Waals surface area contributed by atoms with E-state index in [0.717, 1.165) is 5.56 Å². The third-order valence-corrected chi connectivity index (χ3v) is 3.89. The predicted molar refractivity (Wildman–Crippen MR) is 78.4 cm³/mol. The Morgan fingerprint density at radius 2 is 1.79 bits per heavy atom. The number of rotatable bonds is 5. The van der Waals surface area contributed by atoms with Gasteiger partial charge < -0.3 is 10.0 Å². The highest BCUT2D eigenvalue weighted by Gasteiger charge is 2.28. The van der Waals surface area contributed by atoms with Crippen molar-refractivity contribution in [3.63, 3.8) is 0 Å². The van der Waals surface area contributed by atoms with E-state index in [-0.39, 0.29) is 5.41 Å². The summed E-state index contributed by atoms with van der Waals surface area (Å²) in [5, 5.41) is 9.43. The lowest BCUT2D eigenvalue weighted by Gasteiger charge is -2.36. The van der Waals surface area contributed by atoms with Crippen LogP contribution in [-0.4, -0.2) is 35.6 Å². The third-order valence-electron chi connectivity index (χ3n) is 3.89. The predicted octanol–water partition coefficient (Wildman–Crippen LogP) is 3.22. The van der Waals surface area contributed by atoms with Crippen molar-refractivity contribution in [2.45, 2.75) is 39.7 Å². The minimum atomic E-state index is -0.765. The minimum absolute atomic E-state index is 0.133. The highest BCUT2D eigenvalue weighted by atomic mass is 16.4. The van der Waals surface area contributed by atoms with Crippen LogP contribution in [0, 0.1) is 5.41 Å².